The quantitative estimate of drug-likeness (QED) is 0.410. The number of hydroxylamine groups is 2. The summed E-state index contributed by atoms with van der Waals surface area (Å²) in [6.45, 7) is 0. The van der Waals surface area contributed by atoms with E-state index in [0.29, 0.717) is 0 Å². The van der Waals surface area contributed by atoms with Crippen molar-refractivity contribution in [2.45, 2.75) is 18.6 Å². The van der Waals surface area contributed by atoms with Gasteiger partial charge in [0.25, 0.3) is 0 Å². The Labute approximate surface area is 93.4 Å². The summed E-state index contributed by atoms with van der Waals surface area (Å²) in [4.78, 5) is 28.3. The molecule has 0 aromatic heterocycles. The van der Waals surface area contributed by atoms with Gasteiger partial charge in [-0.3, -0.25) is 9.68 Å². The fraction of sp³-hybridized carbons (Fsp3) is 0.429. The summed E-state index contributed by atoms with van der Waals surface area (Å²) in [5, 5.41) is 44.1. The van der Waals surface area contributed by atoms with Crippen molar-refractivity contribution in [1.82, 2.24) is 5.23 Å². The van der Waals surface area contributed by atoms with Crippen LogP contribution in [0.2, 0.25) is 0 Å². The van der Waals surface area contributed by atoms with Crippen molar-refractivity contribution in [3.8, 4) is 0 Å². The molecule has 1 rings (SSSR count). The first kappa shape index (κ1) is 12.9. The van der Waals surface area contributed by atoms with Gasteiger partial charge in [-0.1, -0.05) is 0 Å². The number of carbonyl (C=O) groups is 2. The molecule has 0 radical (unpaired) electrons. The van der Waals surface area contributed by atoms with Gasteiger partial charge in [-0.15, -0.1) is 0 Å². The van der Waals surface area contributed by atoms with E-state index in [1.807, 2.05) is 0 Å². The van der Waals surface area contributed by atoms with Crippen molar-refractivity contribution in [2.24, 2.45) is 0 Å². The van der Waals surface area contributed by atoms with Gasteiger partial charge in [-0.25, -0.2) is 9.59 Å². The zero-order valence-corrected chi connectivity index (χ0v) is 8.18. The predicted octanol–water partition coefficient (Wildman–Crippen LogP) is -0.597. The first-order valence-electron chi connectivity index (χ1n) is 4.23. The standard InChI is InChI=1S/C7H9NO9/c9-3-1-2(4(10)5(3)11)8(16-6(12)13)17-7(14)15/h3,5,9-11H,1H2,(H,12,13)(H,14,15). The molecule has 0 saturated heterocycles. The smallest absolute Gasteiger partial charge is 0.507 e. The third-order valence-electron chi connectivity index (χ3n) is 1.89. The lowest BCUT2D eigenvalue weighted by atomic mass is 10.2. The summed E-state index contributed by atoms with van der Waals surface area (Å²) >= 11 is 0. The molecule has 2 unspecified atom stereocenters. The van der Waals surface area contributed by atoms with E-state index in [9.17, 15) is 19.8 Å². The minimum absolute atomic E-state index is 0.112. The minimum Gasteiger partial charge on any atom is -0.507 e. The van der Waals surface area contributed by atoms with Crippen LogP contribution in [0.5, 0.6) is 0 Å². The monoisotopic (exact) mass is 251 g/mol. The lowest BCUT2D eigenvalue weighted by Gasteiger charge is -2.18. The second-order valence-corrected chi connectivity index (χ2v) is 3.02. The van der Waals surface area contributed by atoms with Gasteiger partial charge in [0.05, 0.1) is 6.10 Å². The molecular weight excluding hydrogens is 242 g/mol. The van der Waals surface area contributed by atoms with Crippen molar-refractivity contribution >= 4 is 12.3 Å². The molecule has 0 aromatic carbocycles. The summed E-state index contributed by atoms with van der Waals surface area (Å²) in [6.07, 6.45) is -7.32. The fourth-order valence-corrected chi connectivity index (χ4v) is 1.21. The van der Waals surface area contributed by atoms with Gasteiger partial charge in [0.15, 0.2) is 0 Å². The van der Waals surface area contributed by atoms with Crippen LogP contribution in [0.25, 0.3) is 0 Å². The fourth-order valence-electron chi connectivity index (χ4n) is 1.21. The predicted molar refractivity (Wildman–Crippen MR) is 46.3 cm³/mol. The van der Waals surface area contributed by atoms with Crippen molar-refractivity contribution in [3.63, 3.8) is 0 Å². The summed E-state index contributed by atoms with van der Waals surface area (Å²) < 4.78 is 0. The van der Waals surface area contributed by atoms with Crippen LogP contribution < -0.4 is 0 Å². The number of aliphatic hydroxyl groups excluding tert-OH is 3. The summed E-state index contributed by atoms with van der Waals surface area (Å²) in [6, 6.07) is 0. The van der Waals surface area contributed by atoms with E-state index < -0.39 is 42.4 Å². The van der Waals surface area contributed by atoms with E-state index in [1.165, 1.54) is 0 Å². The second-order valence-electron chi connectivity index (χ2n) is 3.02. The molecule has 96 valence electrons. The van der Waals surface area contributed by atoms with Crippen LogP contribution in [0, 0.1) is 0 Å². The Kier molecular flexibility index (Phi) is 3.60. The highest BCUT2D eigenvalue weighted by Crippen LogP contribution is 2.28. The topological polar surface area (TPSA) is 157 Å². The lowest BCUT2D eigenvalue weighted by Crippen LogP contribution is -2.29. The maximum atomic E-state index is 10.3. The maximum Gasteiger partial charge on any atom is 0.533 e. The molecular formula is C7H9NO9. The molecule has 10 nitrogen and oxygen atoms in total. The number of hydrogen-bond donors (Lipinski definition) is 5. The molecule has 0 spiro atoms. The van der Waals surface area contributed by atoms with Gasteiger partial charge in [0.2, 0.25) is 0 Å². The molecule has 0 aromatic rings. The average Bonchev–Trinajstić information content (AvgIpc) is 2.43. The molecule has 0 saturated carbocycles. The molecule has 0 aliphatic heterocycles. The largest absolute Gasteiger partial charge is 0.533 e. The lowest BCUT2D eigenvalue weighted by molar-refractivity contribution is -0.288. The van der Waals surface area contributed by atoms with Crippen LogP contribution in [0.3, 0.4) is 0 Å². The Hall–Kier alpha value is -2.20. The first-order chi connectivity index (χ1) is 7.82. The number of carboxylic acid groups (broad SMARTS) is 2. The number of aliphatic hydroxyl groups is 3. The van der Waals surface area contributed by atoms with Crippen LogP contribution in [0.15, 0.2) is 11.5 Å². The van der Waals surface area contributed by atoms with Gasteiger partial charge in [0.1, 0.15) is 17.6 Å². The molecule has 5 N–H and O–H groups in total. The third kappa shape index (κ3) is 2.89. The highest BCUT2D eigenvalue weighted by molar-refractivity contribution is 5.58. The van der Waals surface area contributed by atoms with Crippen LogP contribution in [-0.4, -0.2) is 55.3 Å². The summed E-state index contributed by atoms with van der Waals surface area (Å²) in [5.41, 5.74) is -0.505. The van der Waals surface area contributed by atoms with E-state index in [4.69, 9.17) is 15.3 Å². The molecule has 17 heavy (non-hydrogen) atoms. The van der Waals surface area contributed by atoms with Gasteiger partial charge in [-0.05, 0) is 5.23 Å². The van der Waals surface area contributed by atoms with Crippen molar-refractivity contribution < 1.29 is 44.8 Å². The second kappa shape index (κ2) is 4.76. The van der Waals surface area contributed by atoms with Gasteiger partial charge in [-0.2, -0.15) is 0 Å². The Balaban J connectivity index is 2.90. The normalized spacial score (nSPS) is 23.4. The van der Waals surface area contributed by atoms with Crippen molar-refractivity contribution in [1.29, 1.82) is 0 Å². The first-order valence-corrected chi connectivity index (χ1v) is 4.23. The maximum absolute atomic E-state index is 10.3. The van der Waals surface area contributed by atoms with Crippen LogP contribution in [-0.2, 0) is 9.68 Å². The Bertz CT molecular complexity index is 348. The molecule has 1 aliphatic rings. The molecule has 2 atom stereocenters. The van der Waals surface area contributed by atoms with Crippen molar-refractivity contribution in [2.75, 3.05) is 0 Å². The summed E-state index contributed by atoms with van der Waals surface area (Å²) in [5.74, 6) is -0.833. The van der Waals surface area contributed by atoms with Crippen LogP contribution in [0.4, 0.5) is 9.59 Å². The Morgan fingerprint density at radius 2 is 1.65 bits per heavy atom. The SMILES string of the molecule is O=C(O)ON(OC(=O)O)C1=C(O)C(O)C(O)C1. The molecule has 0 amide bonds. The number of hydrogen-bond acceptors (Lipinski definition) is 8. The molecule has 10 heteroatoms. The van der Waals surface area contributed by atoms with Crippen molar-refractivity contribution in [3.05, 3.63) is 11.5 Å². The van der Waals surface area contributed by atoms with E-state index in [1.54, 1.807) is 0 Å². The third-order valence-corrected chi connectivity index (χ3v) is 1.89. The van der Waals surface area contributed by atoms with E-state index >= 15 is 0 Å². The van der Waals surface area contributed by atoms with E-state index in [2.05, 4.69) is 9.68 Å². The van der Waals surface area contributed by atoms with Crippen LogP contribution >= 0.6 is 0 Å². The zero-order valence-electron chi connectivity index (χ0n) is 8.18. The average molecular weight is 251 g/mol. The van der Waals surface area contributed by atoms with E-state index in [-0.39, 0.29) is 5.23 Å². The van der Waals surface area contributed by atoms with Crippen LogP contribution in [0.1, 0.15) is 6.42 Å². The molecule has 0 bridgehead atoms. The molecule has 1 aliphatic carbocycles. The highest BCUT2D eigenvalue weighted by Gasteiger charge is 2.38. The zero-order chi connectivity index (χ0) is 13.2. The number of rotatable bonds is 3. The van der Waals surface area contributed by atoms with Gasteiger partial charge < -0.3 is 25.5 Å². The Morgan fingerprint density at radius 1 is 1.18 bits per heavy atom. The summed E-state index contributed by atoms with van der Waals surface area (Å²) in [7, 11) is 0. The molecule has 0 heterocycles. The van der Waals surface area contributed by atoms with E-state index in [0.717, 1.165) is 0 Å². The van der Waals surface area contributed by atoms with Gasteiger partial charge >= 0.3 is 12.3 Å². The molecule has 0 fully saturated rings. The highest BCUT2D eigenvalue weighted by atomic mass is 17.0. The minimum atomic E-state index is -1.90. The Morgan fingerprint density at radius 3 is 1.94 bits per heavy atom. The van der Waals surface area contributed by atoms with Gasteiger partial charge in [0, 0.05) is 6.42 Å². The number of nitrogens with zero attached hydrogens (tertiary/aromatic N) is 1.